The van der Waals surface area contributed by atoms with Gasteiger partial charge in [0.25, 0.3) is 0 Å². The lowest BCUT2D eigenvalue weighted by Crippen LogP contribution is -2.44. The lowest BCUT2D eigenvalue weighted by Gasteiger charge is -2.28. The second-order valence-corrected chi connectivity index (χ2v) is 5.56. The molecule has 1 saturated heterocycles. The average molecular weight is 212 g/mol. The fourth-order valence-corrected chi connectivity index (χ4v) is 1.62. The molecule has 0 radical (unpaired) electrons. The monoisotopic (exact) mass is 212 g/mol. The third-order valence-electron chi connectivity index (χ3n) is 3.32. The summed E-state index contributed by atoms with van der Waals surface area (Å²) in [5, 5.41) is 3.31. The van der Waals surface area contributed by atoms with Gasteiger partial charge in [0.15, 0.2) is 0 Å². The number of amides is 1. The third kappa shape index (κ3) is 3.82. The van der Waals surface area contributed by atoms with Crippen molar-refractivity contribution >= 4 is 5.91 Å². The summed E-state index contributed by atoms with van der Waals surface area (Å²) in [6.45, 7) is 11.1. The molecule has 1 N–H and O–H groups in total. The minimum Gasteiger partial charge on any atom is -0.342 e. The van der Waals surface area contributed by atoms with Crippen LogP contribution in [0.5, 0.6) is 0 Å². The van der Waals surface area contributed by atoms with Gasteiger partial charge in [-0.05, 0) is 25.2 Å². The van der Waals surface area contributed by atoms with Gasteiger partial charge in [0.05, 0.1) is 6.54 Å². The number of nitrogens with one attached hydrogen (secondary N) is 1. The van der Waals surface area contributed by atoms with E-state index in [1.807, 2.05) is 4.90 Å². The third-order valence-corrected chi connectivity index (χ3v) is 3.32. The number of nitrogens with zero attached hydrogens (tertiary/aromatic N) is 1. The van der Waals surface area contributed by atoms with E-state index in [0.717, 1.165) is 13.1 Å². The van der Waals surface area contributed by atoms with Gasteiger partial charge in [-0.3, -0.25) is 4.79 Å². The van der Waals surface area contributed by atoms with Crippen LogP contribution in [0.25, 0.3) is 0 Å². The van der Waals surface area contributed by atoms with Gasteiger partial charge in [-0.1, -0.05) is 20.8 Å². The molecule has 1 rings (SSSR count). The largest absolute Gasteiger partial charge is 0.342 e. The van der Waals surface area contributed by atoms with Gasteiger partial charge in [-0.25, -0.2) is 0 Å². The predicted octanol–water partition coefficient (Wildman–Crippen LogP) is 1.63. The molecule has 88 valence electrons. The van der Waals surface area contributed by atoms with E-state index in [9.17, 15) is 4.79 Å². The Morgan fingerprint density at radius 3 is 2.33 bits per heavy atom. The number of rotatable bonds is 3. The summed E-state index contributed by atoms with van der Waals surface area (Å²) < 4.78 is 0. The predicted molar refractivity (Wildman–Crippen MR) is 62.7 cm³/mol. The molecule has 3 heteroatoms. The summed E-state index contributed by atoms with van der Waals surface area (Å²) in [6.07, 6.45) is 2.33. The molecular weight excluding hydrogens is 188 g/mol. The van der Waals surface area contributed by atoms with Crippen molar-refractivity contribution in [2.45, 2.75) is 46.6 Å². The molecule has 1 unspecified atom stereocenters. The molecule has 1 heterocycles. The molecule has 1 atom stereocenters. The first-order valence-corrected chi connectivity index (χ1v) is 5.92. The highest BCUT2D eigenvalue weighted by molar-refractivity contribution is 5.78. The van der Waals surface area contributed by atoms with Crippen molar-refractivity contribution in [2.24, 2.45) is 5.41 Å². The van der Waals surface area contributed by atoms with E-state index in [1.54, 1.807) is 0 Å². The van der Waals surface area contributed by atoms with E-state index in [1.165, 1.54) is 12.8 Å². The summed E-state index contributed by atoms with van der Waals surface area (Å²) >= 11 is 0. The number of carbonyl (C=O) groups excluding carboxylic acids is 1. The average Bonchev–Trinajstić information content (AvgIpc) is 2.64. The van der Waals surface area contributed by atoms with Gasteiger partial charge in [0.1, 0.15) is 0 Å². The van der Waals surface area contributed by atoms with E-state index in [-0.39, 0.29) is 11.3 Å². The molecular formula is C12H24N2O. The van der Waals surface area contributed by atoms with Crippen LogP contribution in [0, 0.1) is 5.41 Å². The maximum absolute atomic E-state index is 11.7. The first-order valence-electron chi connectivity index (χ1n) is 5.92. The molecule has 0 aromatic heterocycles. The highest BCUT2D eigenvalue weighted by Gasteiger charge is 2.22. The van der Waals surface area contributed by atoms with Gasteiger partial charge < -0.3 is 10.2 Å². The Morgan fingerprint density at radius 1 is 1.33 bits per heavy atom. The maximum atomic E-state index is 11.7. The van der Waals surface area contributed by atoms with Crippen molar-refractivity contribution in [3.05, 3.63) is 0 Å². The number of hydrogen-bond acceptors (Lipinski definition) is 2. The molecule has 0 spiro atoms. The van der Waals surface area contributed by atoms with Gasteiger partial charge in [-0.2, -0.15) is 0 Å². The summed E-state index contributed by atoms with van der Waals surface area (Å²) in [7, 11) is 0. The summed E-state index contributed by atoms with van der Waals surface area (Å²) in [6, 6.07) is 0.365. The molecule has 3 nitrogen and oxygen atoms in total. The molecule has 1 amide bonds. The first kappa shape index (κ1) is 12.5. The van der Waals surface area contributed by atoms with Crippen LogP contribution in [-0.4, -0.2) is 36.5 Å². The van der Waals surface area contributed by atoms with Crippen LogP contribution in [0.1, 0.15) is 40.5 Å². The van der Waals surface area contributed by atoms with E-state index >= 15 is 0 Å². The Bertz CT molecular complexity index is 214. The standard InChI is InChI=1S/C12H24N2O/c1-10(12(2,3)4)13-9-11(15)14-7-5-6-8-14/h10,13H,5-9H2,1-4H3. The number of likely N-dealkylation sites (tertiary alicyclic amines) is 1. The second kappa shape index (κ2) is 4.97. The van der Waals surface area contributed by atoms with Crippen LogP contribution < -0.4 is 5.32 Å². The fourth-order valence-electron chi connectivity index (χ4n) is 1.62. The minimum atomic E-state index is 0.214. The summed E-state index contributed by atoms with van der Waals surface area (Å²) in [4.78, 5) is 13.7. The lowest BCUT2D eigenvalue weighted by atomic mass is 9.88. The van der Waals surface area contributed by atoms with Crippen LogP contribution in [0.15, 0.2) is 0 Å². The van der Waals surface area contributed by atoms with Crippen LogP contribution in [0.3, 0.4) is 0 Å². The van der Waals surface area contributed by atoms with Crippen molar-refractivity contribution in [3.63, 3.8) is 0 Å². The van der Waals surface area contributed by atoms with E-state index < -0.39 is 0 Å². The highest BCUT2D eigenvalue weighted by Crippen LogP contribution is 2.18. The Labute approximate surface area is 93.2 Å². The maximum Gasteiger partial charge on any atom is 0.236 e. The zero-order valence-corrected chi connectivity index (χ0v) is 10.5. The normalized spacial score (nSPS) is 19.3. The van der Waals surface area contributed by atoms with Crippen molar-refractivity contribution in [1.82, 2.24) is 10.2 Å². The van der Waals surface area contributed by atoms with Crippen molar-refractivity contribution in [1.29, 1.82) is 0 Å². The topological polar surface area (TPSA) is 32.3 Å². The first-order chi connectivity index (χ1) is 6.91. The lowest BCUT2D eigenvalue weighted by molar-refractivity contribution is -0.129. The zero-order valence-electron chi connectivity index (χ0n) is 10.5. The van der Waals surface area contributed by atoms with E-state index in [0.29, 0.717) is 12.6 Å². The van der Waals surface area contributed by atoms with Gasteiger partial charge in [0, 0.05) is 19.1 Å². The van der Waals surface area contributed by atoms with Gasteiger partial charge >= 0.3 is 0 Å². The summed E-state index contributed by atoms with van der Waals surface area (Å²) in [5.74, 6) is 0.253. The van der Waals surface area contributed by atoms with Crippen LogP contribution in [0.2, 0.25) is 0 Å². The van der Waals surface area contributed by atoms with Crippen LogP contribution in [0.4, 0.5) is 0 Å². The zero-order chi connectivity index (χ0) is 11.5. The molecule has 0 aromatic carbocycles. The second-order valence-electron chi connectivity index (χ2n) is 5.56. The Kier molecular flexibility index (Phi) is 4.14. The van der Waals surface area contributed by atoms with Crippen molar-refractivity contribution < 1.29 is 4.79 Å². The SMILES string of the molecule is CC(NCC(=O)N1CCCC1)C(C)(C)C. The molecule has 15 heavy (non-hydrogen) atoms. The molecule has 1 aliphatic rings. The molecule has 0 bridgehead atoms. The van der Waals surface area contributed by atoms with Crippen LogP contribution >= 0.6 is 0 Å². The van der Waals surface area contributed by atoms with E-state index in [4.69, 9.17) is 0 Å². The smallest absolute Gasteiger partial charge is 0.236 e. The number of hydrogen-bond donors (Lipinski definition) is 1. The summed E-state index contributed by atoms with van der Waals surface area (Å²) in [5.41, 5.74) is 0.214. The van der Waals surface area contributed by atoms with Gasteiger partial charge in [0.2, 0.25) is 5.91 Å². The molecule has 0 aromatic rings. The Hall–Kier alpha value is -0.570. The van der Waals surface area contributed by atoms with Crippen molar-refractivity contribution in [3.8, 4) is 0 Å². The Balaban J connectivity index is 2.27. The molecule has 0 aliphatic carbocycles. The highest BCUT2D eigenvalue weighted by atomic mass is 16.2. The quantitative estimate of drug-likeness (QED) is 0.771. The van der Waals surface area contributed by atoms with E-state index in [2.05, 4.69) is 33.0 Å². The minimum absolute atomic E-state index is 0.214. The fraction of sp³-hybridized carbons (Fsp3) is 0.917. The molecule has 1 fully saturated rings. The van der Waals surface area contributed by atoms with Crippen molar-refractivity contribution in [2.75, 3.05) is 19.6 Å². The van der Waals surface area contributed by atoms with Crippen LogP contribution in [-0.2, 0) is 4.79 Å². The van der Waals surface area contributed by atoms with Gasteiger partial charge in [-0.15, -0.1) is 0 Å². The number of carbonyl (C=O) groups is 1. The Morgan fingerprint density at radius 2 is 1.87 bits per heavy atom. The molecule has 1 aliphatic heterocycles. The molecule has 0 saturated carbocycles.